The second-order valence-corrected chi connectivity index (χ2v) is 5.33. The molecular weight excluding hydrogens is 237 g/mol. The van der Waals surface area contributed by atoms with Gasteiger partial charge in [0.2, 0.25) is 0 Å². The molecule has 1 nitrogen and oxygen atoms in total. The second kappa shape index (κ2) is 5.36. The van der Waals surface area contributed by atoms with Crippen LogP contribution in [0.2, 0.25) is 5.02 Å². The van der Waals surface area contributed by atoms with Crippen molar-refractivity contribution in [3.05, 3.63) is 34.6 Å². The van der Waals surface area contributed by atoms with Crippen LogP contribution in [0.1, 0.15) is 38.2 Å². The van der Waals surface area contributed by atoms with E-state index < -0.39 is 0 Å². The molecule has 0 heterocycles. The summed E-state index contributed by atoms with van der Waals surface area (Å²) in [5, 5.41) is 4.10. The first-order valence-corrected chi connectivity index (χ1v) is 6.69. The normalized spacial score (nSPS) is 27.9. The first kappa shape index (κ1) is 12.8. The molecule has 3 unspecified atom stereocenters. The Labute approximate surface area is 107 Å². The predicted octanol–water partition coefficient (Wildman–Crippen LogP) is 3.97. The average Bonchev–Trinajstić information content (AvgIpc) is 2.30. The van der Waals surface area contributed by atoms with E-state index in [4.69, 9.17) is 11.6 Å². The minimum Gasteiger partial charge on any atom is -0.314 e. The molecule has 1 aromatic rings. The minimum atomic E-state index is -0.258. The molecule has 0 saturated heterocycles. The summed E-state index contributed by atoms with van der Waals surface area (Å²) in [5.74, 6) is 0.786. The van der Waals surface area contributed by atoms with Crippen LogP contribution in [-0.2, 0) is 0 Å². The molecule has 94 valence electrons. The van der Waals surface area contributed by atoms with Crippen LogP contribution >= 0.6 is 11.6 Å². The third-order valence-electron chi connectivity index (χ3n) is 3.80. The Bertz CT molecular complexity index is 394. The fourth-order valence-corrected chi connectivity index (χ4v) is 2.91. The molecule has 0 spiro atoms. The number of hydrogen-bond donors (Lipinski definition) is 1. The third kappa shape index (κ3) is 2.63. The van der Waals surface area contributed by atoms with Gasteiger partial charge in [0.1, 0.15) is 5.82 Å². The molecule has 1 saturated carbocycles. The first-order valence-electron chi connectivity index (χ1n) is 6.31. The van der Waals surface area contributed by atoms with Crippen LogP contribution in [0, 0.1) is 11.7 Å². The molecule has 1 N–H and O–H groups in total. The highest BCUT2D eigenvalue weighted by atomic mass is 35.5. The Hall–Kier alpha value is -0.600. The van der Waals surface area contributed by atoms with Crippen molar-refractivity contribution in [3.63, 3.8) is 0 Å². The van der Waals surface area contributed by atoms with Crippen molar-refractivity contribution < 1.29 is 4.39 Å². The monoisotopic (exact) mass is 255 g/mol. The van der Waals surface area contributed by atoms with Crippen molar-refractivity contribution in [1.82, 2.24) is 5.32 Å². The van der Waals surface area contributed by atoms with Gasteiger partial charge in [0, 0.05) is 11.1 Å². The summed E-state index contributed by atoms with van der Waals surface area (Å²) < 4.78 is 13.0. The molecule has 1 aliphatic carbocycles. The quantitative estimate of drug-likeness (QED) is 0.859. The second-order valence-electron chi connectivity index (χ2n) is 4.93. The van der Waals surface area contributed by atoms with Gasteiger partial charge in [-0.25, -0.2) is 4.39 Å². The van der Waals surface area contributed by atoms with Crippen molar-refractivity contribution in [2.75, 3.05) is 6.54 Å². The maximum atomic E-state index is 13.0. The molecule has 0 amide bonds. The summed E-state index contributed by atoms with van der Waals surface area (Å²) in [5.41, 5.74) is 1.09. The molecule has 0 aromatic heterocycles. The van der Waals surface area contributed by atoms with Crippen molar-refractivity contribution in [2.45, 2.75) is 38.6 Å². The highest BCUT2D eigenvalue weighted by Gasteiger charge is 2.38. The van der Waals surface area contributed by atoms with Crippen LogP contribution < -0.4 is 5.32 Å². The van der Waals surface area contributed by atoms with E-state index in [2.05, 4.69) is 19.2 Å². The Kier molecular flexibility index (Phi) is 4.05. The zero-order valence-corrected chi connectivity index (χ0v) is 11.1. The van der Waals surface area contributed by atoms with E-state index in [0.717, 1.165) is 24.9 Å². The van der Waals surface area contributed by atoms with E-state index in [1.54, 1.807) is 0 Å². The number of halogens is 2. The van der Waals surface area contributed by atoms with Gasteiger partial charge in [0.05, 0.1) is 0 Å². The van der Waals surface area contributed by atoms with Gasteiger partial charge >= 0.3 is 0 Å². The fraction of sp³-hybridized carbons (Fsp3) is 0.571. The topological polar surface area (TPSA) is 12.0 Å². The van der Waals surface area contributed by atoms with E-state index in [-0.39, 0.29) is 5.82 Å². The molecule has 0 aliphatic heterocycles. The number of hydrogen-bond acceptors (Lipinski definition) is 1. The Morgan fingerprint density at radius 2 is 2.24 bits per heavy atom. The smallest absolute Gasteiger partial charge is 0.124 e. The Balaban J connectivity index is 2.01. The summed E-state index contributed by atoms with van der Waals surface area (Å²) in [6.07, 6.45) is 2.26. The lowest BCUT2D eigenvalue weighted by Gasteiger charge is -2.44. The van der Waals surface area contributed by atoms with Gasteiger partial charge in [-0.1, -0.05) is 31.5 Å². The van der Waals surface area contributed by atoms with Crippen LogP contribution in [-0.4, -0.2) is 12.6 Å². The predicted molar refractivity (Wildman–Crippen MR) is 70.0 cm³/mol. The Morgan fingerprint density at radius 1 is 1.47 bits per heavy atom. The Morgan fingerprint density at radius 3 is 2.82 bits per heavy atom. The van der Waals surface area contributed by atoms with Gasteiger partial charge in [0.15, 0.2) is 0 Å². The average molecular weight is 256 g/mol. The molecular formula is C14H19ClFN. The van der Waals surface area contributed by atoms with E-state index >= 15 is 0 Å². The molecule has 0 radical (unpaired) electrons. The highest BCUT2D eigenvalue weighted by molar-refractivity contribution is 6.31. The standard InChI is InChI=1S/C14H19ClFN/c1-3-6-17-14-8-12(9(14)2)11-5-4-10(16)7-13(11)15/h4-5,7,9,12,14,17H,3,6,8H2,1-2H3. The maximum absolute atomic E-state index is 13.0. The van der Waals surface area contributed by atoms with E-state index in [9.17, 15) is 4.39 Å². The van der Waals surface area contributed by atoms with Crippen LogP contribution in [0.15, 0.2) is 18.2 Å². The van der Waals surface area contributed by atoms with Gasteiger partial charge in [-0.05, 0) is 48.9 Å². The highest BCUT2D eigenvalue weighted by Crippen LogP contribution is 2.44. The molecule has 0 bridgehead atoms. The molecule has 2 rings (SSSR count). The zero-order valence-electron chi connectivity index (χ0n) is 10.3. The van der Waals surface area contributed by atoms with Crippen molar-refractivity contribution in [3.8, 4) is 0 Å². The lowest BCUT2D eigenvalue weighted by atomic mass is 9.67. The van der Waals surface area contributed by atoms with Crippen LogP contribution in [0.5, 0.6) is 0 Å². The van der Waals surface area contributed by atoms with Gasteiger partial charge in [-0.15, -0.1) is 0 Å². The van der Waals surface area contributed by atoms with Crippen LogP contribution in [0.25, 0.3) is 0 Å². The lowest BCUT2D eigenvalue weighted by molar-refractivity contribution is 0.185. The molecule has 1 aliphatic rings. The van der Waals surface area contributed by atoms with Gasteiger partial charge in [-0.2, -0.15) is 0 Å². The number of rotatable bonds is 4. The fourth-order valence-electron chi connectivity index (χ4n) is 2.60. The van der Waals surface area contributed by atoms with Gasteiger partial charge in [0.25, 0.3) is 0 Å². The first-order chi connectivity index (χ1) is 8.13. The maximum Gasteiger partial charge on any atom is 0.124 e. The summed E-state index contributed by atoms with van der Waals surface area (Å²) in [6.45, 7) is 5.48. The minimum absolute atomic E-state index is 0.258. The van der Waals surface area contributed by atoms with Crippen LogP contribution in [0.3, 0.4) is 0 Å². The summed E-state index contributed by atoms with van der Waals surface area (Å²) in [6, 6.07) is 5.33. The van der Waals surface area contributed by atoms with Gasteiger partial charge < -0.3 is 5.32 Å². The lowest BCUT2D eigenvalue weighted by Crippen LogP contribution is -2.48. The summed E-state index contributed by atoms with van der Waals surface area (Å²) >= 11 is 6.09. The van der Waals surface area contributed by atoms with E-state index in [1.165, 1.54) is 12.1 Å². The van der Waals surface area contributed by atoms with Crippen molar-refractivity contribution >= 4 is 11.6 Å². The third-order valence-corrected chi connectivity index (χ3v) is 4.12. The number of benzene rings is 1. The molecule has 3 atom stereocenters. The molecule has 1 fully saturated rings. The summed E-state index contributed by atoms with van der Waals surface area (Å²) in [7, 11) is 0. The number of nitrogens with one attached hydrogen (secondary N) is 1. The van der Waals surface area contributed by atoms with E-state index in [0.29, 0.717) is 22.9 Å². The van der Waals surface area contributed by atoms with E-state index in [1.807, 2.05) is 6.07 Å². The van der Waals surface area contributed by atoms with Crippen molar-refractivity contribution in [2.24, 2.45) is 5.92 Å². The molecule has 17 heavy (non-hydrogen) atoms. The zero-order chi connectivity index (χ0) is 12.4. The SMILES string of the molecule is CCCNC1CC(c2ccc(F)cc2Cl)C1C. The van der Waals surface area contributed by atoms with Crippen molar-refractivity contribution in [1.29, 1.82) is 0 Å². The van der Waals surface area contributed by atoms with Crippen LogP contribution in [0.4, 0.5) is 4.39 Å². The van der Waals surface area contributed by atoms with Gasteiger partial charge in [-0.3, -0.25) is 0 Å². The summed E-state index contributed by atoms with van der Waals surface area (Å²) in [4.78, 5) is 0. The molecule has 1 aromatic carbocycles. The largest absolute Gasteiger partial charge is 0.314 e. The molecule has 3 heteroatoms.